The Labute approximate surface area is 211 Å². The van der Waals surface area contributed by atoms with Gasteiger partial charge in [0.2, 0.25) is 11.0 Å². The first-order valence-electron chi connectivity index (χ1n) is 12.4. The number of nitrogens with one attached hydrogen (secondary N) is 2. The fourth-order valence-corrected chi connectivity index (χ4v) is 5.27. The number of nitrogens with zero attached hydrogens (tertiary/aromatic N) is 2. The van der Waals surface area contributed by atoms with Gasteiger partial charge in [-0.3, -0.25) is 0 Å². The van der Waals surface area contributed by atoms with Gasteiger partial charge in [-0.1, -0.05) is 23.2 Å². The van der Waals surface area contributed by atoms with Crippen LogP contribution in [0.3, 0.4) is 0 Å². The largest absolute Gasteiger partial charge is 0.384 e. The molecule has 2 aliphatic rings. The van der Waals surface area contributed by atoms with Gasteiger partial charge in [0.15, 0.2) is 12.4 Å². The van der Waals surface area contributed by atoms with E-state index in [4.69, 9.17) is 23.2 Å². The van der Waals surface area contributed by atoms with Crippen molar-refractivity contribution in [2.75, 3.05) is 23.7 Å². The standard InChI is InChI=1S/C28H30Cl2N4/c29-21-7-9-27-23(19-21)25-11-17-33(27)15-5-2-6-16-34-18-12-26(32-14-4-1-3-13-31-25)24-20-22(30)8-10-28(24)34/h7-12,17-20H,1-6,13-16H2/p+2. The van der Waals surface area contributed by atoms with Crippen LogP contribution in [0.5, 0.6) is 0 Å². The first kappa shape index (κ1) is 23.2. The zero-order chi connectivity index (χ0) is 23.3. The van der Waals surface area contributed by atoms with Crippen LogP contribution in [0.2, 0.25) is 10.0 Å². The number of aromatic nitrogens is 2. The first-order valence-corrected chi connectivity index (χ1v) is 13.2. The number of rotatable bonds is 0. The summed E-state index contributed by atoms with van der Waals surface area (Å²) in [5, 5.41) is 11.3. The molecule has 0 spiro atoms. The van der Waals surface area contributed by atoms with E-state index in [-0.39, 0.29) is 0 Å². The number of pyridine rings is 2. The fraction of sp³-hybridized carbons (Fsp3) is 0.357. The minimum Gasteiger partial charge on any atom is -0.384 e. The molecule has 34 heavy (non-hydrogen) atoms. The van der Waals surface area contributed by atoms with E-state index in [1.165, 1.54) is 39.6 Å². The highest BCUT2D eigenvalue weighted by atomic mass is 35.5. The third-order valence-electron chi connectivity index (χ3n) is 6.74. The summed E-state index contributed by atoms with van der Waals surface area (Å²) in [4.78, 5) is 0. The Morgan fingerprint density at radius 1 is 0.559 bits per heavy atom. The molecular weight excluding hydrogens is 463 g/mol. The molecule has 6 heteroatoms. The second-order valence-corrected chi connectivity index (χ2v) is 10.0. The summed E-state index contributed by atoms with van der Waals surface area (Å²) < 4.78 is 4.72. The molecule has 4 aromatic rings. The van der Waals surface area contributed by atoms with Crippen molar-refractivity contribution in [3.63, 3.8) is 0 Å². The fourth-order valence-electron chi connectivity index (χ4n) is 4.93. The minimum atomic E-state index is 0.782. The molecule has 2 aromatic heterocycles. The third kappa shape index (κ3) is 5.24. The van der Waals surface area contributed by atoms with Crippen molar-refractivity contribution in [2.24, 2.45) is 0 Å². The number of hydrogen-bond donors (Lipinski definition) is 2. The number of fused-ring (bicyclic) bond motifs is 12. The summed E-state index contributed by atoms with van der Waals surface area (Å²) in [5.41, 5.74) is 4.81. The number of benzene rings is 2. The van der Waals surface area contributed by atoms with Gasteiger partial charge in [0.25, 0.3) is 0 Å². The summed E-state index contributed by atoms with van der Waals surface area (Å²) >= 11 is 12.7. The molecule has 4 nitrogen and oxygen atoms in total. The summed E-state index contributed by atoms with van der Waals surface area (Å²) in [5.74, 6) is 0. The van der Waals surface area contributed by atoms with E-state index in [0.717, 1.165) is 68.3 Å². The normalized spacial score (nSPS) is 15.8. The van der Waals surface area contributed by atoms with E-state index in [1.807, 2.05) is 12.1 Å². The van der Waals surface area contributed by atoms with Gasteiger partial charge in [-0.2, -0.15) is 9.13 Å². The molecule has 2 aromatic carbocycles. The molecule has 0 radical (unpaired) electrons. The van der Waals surface area contributed by atoms with E-state index >= 15 is 0 Å². The van der Waals surface area contributed by atoms with Crippen LogP contribution in [0.1, 0.15) is 38.5 Å². The van der Waals surface area contributed by atoms with Crippen molar-refractivity contribution < 1.29 is 9.13 Å². The average Bonchev–Trinajstić information content (AvgIpc) is 2.84. The molecule has 0 saturated carbocycles. The molecule has 0 amide bonds. The number of halogens is 2. The van der Waals surface area contributed by atoms with Gasteiger partial charge >= 0.3 is 0 Å². The van der Waals surface area contributed by atoms with Crippen LogP contribution in [0, 0.1) is 0 Å². The Balaban J connectivity index is 1.40. The first-order chi connectivity index (χ1) is 16.7. The molecule has 4 heterocycles. The molecule has 0 fully saturated rings. The third-order valence-corrected chi connectivity index (χ3v) is 7.21. The maximum atomic E-state index is 6.35. The van der Waals surface area contributed by atoms with Crippen LogP contribution in [0.25, 0.3) is 21.8 Å². The van der Waals surface area contributed by atoms with Crippen LogP contribution in [0.4, 0.5) is 11.4 Å². The van der Waals surface area contributed by atoms with Crippen LogP contribution >= 0.6 is 23.2 Å². The van der Waals surface area contributed by atoms with Crippen LogP contribution in [-0.2, 0) is 13.1 Å². The topological polar surface area (TPSA) is 31.8 Å². The van der Waals surface area contributed by atoms with E-state index in [2.05, 4.69) is 68.6 Å². The van der Waals surface area contributed by atoms with E-state index in [0.29, 0.717) is 0 Å². The summed E-state index contributed by atoms with van der Waals surface area (Å²) in [6, 6.07) is 16.9. The lowest BCUT2D eigenvalue weighted by molar-refractivity contribution is -0.675. The van der Waals surface area contributed by atoms with Crippen molar-refractivity contribution in [2.45, 2.75) is 51.6 Å². The van der Waals surface area contributed by atoms with Crippen molar-refractivity contribution >= 4 is 56.4 Å². The van der Waals surface area contributed by atoms with E-state index < -0.39 is 0 Å². The quantitative estimate of drug-likeness (QED) is 0.265. The zero-order valence-electron chi connectivity index (χ0n) is 19.5. The Bertz CT molecular complexity index is 1210. The molecule has 2 N–H and O–H groups in total. The molecule has 0 saturated heterocycles. The predicted molar refractivity (Wildman–Crippen MR) is 143 cm³/mol. The Morgan fingerprint density at radius 2 is 1.03 bits per heavy atom. The second-order valence-electron chi connectivity index (χ2n) is 9.14. The van der Waals surface area contributed by atoms with Gasteiger partial charge in [0.05, 0.1) is 22.1 Å². The molecule has 0 unspecified atom stereocenters. The smallest absolute Gasteiger partial charge is 0.214 e. The zero-order valence-corrected chi connectivity index (χ0v) is 21.0. The molecule has 6 rings (SSSR count). The predicted octanol–water partition coefficient (Wildman–Crippen LogP) is 6.75. The van der Waals surface area contributed by atoms with Crippen LogP contribution < -0.4 is 19.8 Å². The van der Waals surface area contributed by atoms with Gasteiger partial charge in [-0.25, -0.2) is 0 Å². The van der Waals surface area contributed by atoms with Gasteiger partial charge in [-0.15, -0.1) is 0 Å². The number of hydrogen-bond acceptors (Lipinski definition) is 2. The lowest BCUT2D eigenvalue weighted by atomic mass is 10.1. The molecule has 176 valence electrons. The average molecular weight is 495 g/mol. The Morgan fingerprint density at radius 3 is 1.53 bits per heavy atom. The molecule has 0 atom stereocenters. The SMILES string of the molecule is Clc1ccc2c(c1)c1cc[n+]2CCCCC[n+]2ccc(c3cc(Cl)ccc32)NCCCCCN1. The summed E-state index contributed by atoms with van der Waals surface area (Å²) in [6.45, 7) is 3.91. The number of aryl methyl sites for hydroxylation is 2. The van der Waals surface area contributed by atoms with Crippen LogP contribution in [-0.4, -0.2) is 13.1 Å². The van der Waals surface area contributed by atoms with Gasteiger partial charge in [-0.05, 0) is 49.9 Å². The Hall–Kier alpha value is -2.56. The summed E-state index contributed by atoms with van der Waals surface area (Å²) in [7, 11) is 0. The van der Waals surface area contributed by atoms with Crippen molar-refractivity contribution in [3.05, 3.63) is 71.0 Å². The van der Waals surface area contributed by atoms with Gasteiger partial charge in [0.1, 0.15) is 13.1 Å². The maximum Gasteiger partial charge on any atom is 0.214 e. The summed E-state index contributed by atoms with van der Waals surface area (Å²) in [6.07, 6.45) is 11.3. The van der Waals surface area contributed by atoms with Crippen molar-refractivity contribution in [1.82, 2.24) is 0 Å². The highest BCUT2D eigenvalue weighted by Gasteiger charge is 2.15. The minimum absolute atomic E-state index is 0.782. The van der Waals surface area contributed by atoms with Gasteiger partial charge in [0, 0.05) is 60.2 Å². The van der Waals surface area contributed by atoms with E-state index in [9.17, 15) is 0 Å². The lowest BCUT2D eigenvalue weighted by Gasteiger charge is -2.12. The molecule has 2 aliphatic heterocycles. The highest BCUT2D eigenvalue weighted by Crippen LogP contribution is 2.26. The second kappa shape index (κ2) is 10.8. The highest BCUT2D eigenvalue weighted by molar-refractivity contribution is 6.31. The maximum absolute atomic E-state index is 6.35. The van der Waals surface area contributed by atoms with Gasteiger partial charge < -0.3 is 10.6 Å². The monoisotopic (exact) mass is 494 g/mol. The molecule has 4 bridgehead atoms. The lowest BCUT2D eigenvalue weighted by Crippen LogP contribution is -2.35. The molecular formula is C28H32Cl2N4+2. The van der Waals surface area contributed by atoms with E-state index in [1.54, 1.807) is 0 Å². The van der Waals surface area contributed by atoms with Crippen molar-refractivity contribution in [3.8, 4) is 0 Å². The van der Waals surface area contributed by atoms with Crippen LogP contribution in [0.15, 0.2) is 60.9 Å². The Kier molecular flexibility index (Phi) is 7.36. The number of anilines is 2. The van der Waals surface area contributed by atoms with Crippen molar-refractivity contribution in [1.29, 1.82) is 0 Å². The molecule has 0 aliphatic carbocycles.